The van der Waals surface area contributed by atoms with Crippen molar-refractivity contribution in [2.75, 3.05) is 0 Å². The maximum absolute atomic E-state index is 12.8. The monoisotopic (exact) mass is 253 g/mol. The molecule has 5 heteroatoms. The first-order valence-corrected chi connectivity index (χ1v) is 6.31. The molecule has 4 unspecified atom stereocenters. The van der Waals surface area contributed by atoms with E-state index in [9.17, 15) is 18.3 Å². The first kappa shape index (κ1) is 14.8. The number of nitrogens with one attached hydrogen (secondary N) is 1. The molecular formula is C12H22F3NO. The van der Waals surface area contributed by atoms with Crippen LogP contribution < -0.4 is 5.32 Å². The van der Waals surface area contributed by atoms with Gasteiger partial charge in [-0.25, -0.2) is 0 Å². The molecule has 1 aliphatic rings. The van der Waals surface area contributed by atoms with Crippen LogP contribution in [0.2, 0.25) is 0 Å². The van der Waals surface area contributed by atoms with Crippen molar-refractivity contribution in [2.45, 2.75) is 70.3 Å². The molecule has 0 aliphatic heterocycles. The lowest BCUT2D eigenvalue weighted by molar-refractivity contribution is -0.189. The maximum Gasteiger partial charge on any atom is 0.393 e. The number of hydrogen-bond donors (Lipinski definition) is 2. The lowest BCUT2D eigenvalue weighted by atomic mass is 9.83. The lowest BCUT2D eigenvalue weighted by Gasteiger charge is -2.35. The topological polar surface area (TPSA) is 32.3 Å². The highest BCUT2D eigenvalue weighted by atomic mass is 19.4. The van der Waals surface area contributed by atoms with Gasteiger partial charge in [-0.1, -0.05) is 12.8 Å². The molecule has 4 atom stereocenters. The molecule has 2 nitrogen and oxygen atoms in total. The summed E-state index contributed by atoms with van der Waals surface area (Å²) in [7, 11) is 0. The molecule has 0 aromatic rings. The van der Waals surface area contributed by atoms with Crippen molar-refractivity contribution < 1.29 is 18.3 Å². The van der Waals surface area contributed by atoms with Crippen molar-refractivity contribution in [3.8, 4) is 0 Å². The summed E-state index contributed by atoms with van der Waals surface area (Å²) in [6, 6.07) is -0.569. The van der Waals surface area contributed by atoms with E-state index in [-0.39, 0.29) is 12.5 Å². The molecule has 0 saturated heterocycles. The minimum Gasteiger partial charge on any atom is -0.393 e. The third-order valence-corrected chi connectivity index (χ3v) is 3.38. The number of aliphatic hydroxyl groups excluding tert-OH is 1. The highest BCUT2D eigenvalue weighted by Gasteiger charge is 2.45. The van der Waals surface area contributed by atoms with Gasteiger partial charge in [0.2, 0.25) is 0 Å². The van der Waals surface area contributed by atoms with Crippen molar-refractivity contribution in [3.05, 3.63) is 0 Å². The molecule has 2 N–H and O–H groups in total. The van der Waals surface area contributed by atoms with Crippen LogP contribution in [-0.4, -0.2) is 29.5 Å². The first-order chi connectivity index (χ1) is 7.80. The Kier molecular flexibility index (Phi) is 5.25. The molecule has 1 rings (SSSR count). The summed E-state index contributed by atoms with van der Waals surface area (Å²) >= 11 is 0. The number of halogens is 3. The summed E-state index contributed by atoms with van der Waals surface area (Å²) in [6.07, 6.45) is -1.79. The molecular weight excluding hydrogens is 231 g/mol. The molecule has 0 aromatic carbocycles. The Labute approximate surface area is 101 Å². The van der Waals surface area contributed by atoms with Gasteiger partial charge in [0.25, 0.3) is 0 Å². The highest BCUT2D eigenvalue weighted by Crippen LogP contribution is 2.37. The van der Waals surface area contributed by atoms with Gasteiger partial charge in [0, 0.05) is 12.1 Å². The Balaban J connectivity index is 2.54. The first-order valence-electron chi connectivity index (χ1n) is 6.31. The fourth-order valence-corrected chi connectivity index (χ4v) is 2.67. The minimum atomic E-state index is -4.11. The van der Waals surface area contributed by atoms with E-state index in [1.54, 1.807) is 6.92 Å². The summed E-state index contributed by atoms with van der Waals surface area (Å²) in [5.41, 5.74) is 0. The molecule has 1 saturated carbocycles. The number of aliphatic hydroxyl groups is 1. The van der Waals surface area contributed by atoms with Crippen LogP contribution >= 0.6 is 0 Å². The lowest BCUT2D eigenvalue weighted by Crippen LogP contribution is -2.49. The summed E-state index contributed by atoms with van der Waals surface area (Å²) < 4.78 is 38.4. The van der Waals surface area contributed by atoms with Gasteiger partial charge in [-0.2, -0.15) is 13.2 Å². The van der Waals surface area contributed by atoms with Crippen LogP contribution in [0.1, 0.15) is 46.0 Å². The summed E-state index contributed by atoms with van der Waals surface area (Å²) in [5.74, 6) is -1.23. The Hall–Kier alpha value is -0.290. The quantitative estimate of drug-likeness (QED) is 0.807. The van der Waals surface area contributed by atoms with Crippen LogP contribution in [-0.2, 0) is 0 Å². The van der Waals surface area contributed by atoms with Crippen LogP contribution in [0.3, 0.4) is 0 Å². The zero-order chi connectivity index (χ0) is 13.1. The molecule has 0 heterocycles. The smallest absolute Gasteiger partial charge is 0.393 e. The third-order valence-electron chi connectivity index (χ3n) is 3.38. The van der Waals surface area contributed by atoms with E-state index in [4.69, 9.17) is 0 Å². The largest absolute Gasteiger partial charge is 0.393 e. The van der Waals surface area contributed by atoms with Gasteiger partial charge in [-0.05, 0) is 33.1 Å². The van der Waals surface area contributed by atoms with Crippen LogP contribution in [0.4, 0.5) is 13.2 Å². The van der Waals surface area contributed by atoms with Crippen LogP contribution in [0.5, 0.6) is 0 Å². The van der Waals surface area contributed by atoms with Crippen molar-refractivity contribution in [1.82, 2.24) is 5.32 Å². The summed E-state index contributed by atoms with van der Waals surface area (Å²) in [4.78, 5) is 0. The molecule has 0 aromatic heterocycles. The average molecular weight is 253 g/mol. The van der Waals surface area contributed by atoms with Crippen LogP contribution in [0.25, 0.3) is 0 Å². The van der Waals surface area contributed by atoms with Gasteiger partial charge in [-0.3, -0.25) is 0 Å². The molecule has 102 valence electrons. The van der Waals surface area contributed by atoms with Crippen LogP contribution in [0, 0.1) is 5.92 Å². The molecule has 0 bridgehead atoms. The normalized spacial score (nSPS) is 30.0. The van der Waals surface area contributed by atoms with Crippen molar-refractivity contribution in [1.29, 1.82) is 0 Å². The highest BCUT2D eigenvalue weighted by molar-refractivity contribution is 4.87. The second kappa shape index (κ2) is 6.05. The van der Waals surface area contributed by atoms with Crippen molar-refractivity contribution >= 4 is 0 Å². The molecule has 17 heavy (non-hydrogen) atoms. The average Bonchev–Trinajstić information content (AvgIpc) is 2.15. The number of hydrogen-bond acceptors (Lipinski definition) is 2. The van der Waals surface area contributed by atoms with Gasteiger partial charge in [-0.15, -0.1) is 0 Å². The second-order valence-corrected chi connectivity index (χ2v) is 5.19. The molecule has 1 fully saturated rings. The Morgan fingerprint density at radius 2 is 1.82 bits per heavy atom. The van der Waals surface area contributed by atoms with E-state index in [0.717, 1.165) is 6.42 Å². The van der Waals surface area contributed by atoms with E-state index in [1.807, 2.05) is 6.92 Å². The summed E-state index contributed by atoms with van der Waals surface area (Å²) in [5, 5.41) is 12.2. The van der Waals surface area contributed by atoms with E-state index in [2.05, 4.69) is 5.32 Å². The van der Waals surface area contributed by atoms with Crippen LogP contribution in [0.15, 0.2) is 0 Å². The summed E-state index contributed by atoms with van der Waals surface area (Å²) in [6.45, 7) is 3.48. The van der Waals surface area contributed by atoms with Gasteiger partial charge >= 0.3 is 6.18 Å². The van der Waals surface area contributed by atoms with E-state index >= 15 is 0 Å². The van der Waals surface area contributed by atoms with Gasteiger partial charge in [0.1, 0.15) is 0 Å². The number of alkyl halides is 3. The van der Waals surface area contributed by atoms with Crippen molar-refractivity contribution in [2.24, 2.45) is 5.92 Å². The van der Waals surface area contributed by atoms with E-state index in [0.29, 0.717) is 19.3 Å². The minimum absolute atomic E-state index is 0.0806. The molecule has 0 amide bonds. The Bertz CT molecular complexity index is 230. The Morgan fingerprint density at radius 1 is 1.24 bits per heavy atom. The maximum atomic E-state index is 12.8. The van der Waals surface area contributed by atoms with Gasteiger partial charge < -0.3 is 10.4 Å². The van der Waals surface area contributed by atoms with E-state index < -0.39 is 24.2 Å². The molecule has 0 spiro atoms. The fourth-order valence-electron chi connectivity index (χ4n) is 2.67. The molecule has 1 aliphatic carbocycles. The van der Waals surface area contributed by atoms with Gasteiger partial charge in [0.05, 0.1) is 12.0 Å². The predicted octanol–water partition coefficient (Wildman–Crippen LogP) is 2.86. The van der Waals surface area contributed by atoms with Gasteiger partial charge in [0.15, 0.2) is 0 Å². The molecule has 0 radical (unpaired) electrons. The zero-order valence-electron chi connectivity index (χ0n) is 10.4. The predicted molar refractivity (Wildman–Crippen MR) is 60.7 cm³/mol. The third kappa shape index (κ3) is 4.84. The Morgan fingerprint density at radius 3 is 2.35 bits per heavy atom. The zero-order valence-corrected chi connectivity index (χ0v) is 10.4. The standard InChI is InChI=1S/C12H22F3NO/c1-8(7-9(2)17)16-11-6-4-3-5-10(11)12(13,14)15/h8-11,16-17H,3-7H2,1-2H3. The fraction of sp³-hybridized carbons (Fsp3) is 1.00. The number of rotatable bonds is 4. The SMILES string of the molecule is CC(O)CC(C)NC1CCCCC1C(F)(F)F. The second-order valence-electron chi connectivity index (χ2n) is 5.19. The van der Waals surface area contributed by atoms with E-state index in [1.165, 1.54) is 0 Å². The van der Waals surface area contributed by atoms with Crippen molar-refractivity contribution in [3.63, 3.8) is 0 Å².